The van der Waals surface area contributed by atoms with Gasteiger partial charge < -0.3 is 14.8 Å². The highest BCUT2D eigenvalue weighted by atomic mass is 32.1. The van der Waals surface area contributed by atoms with Crippen LogP contribution >= 0.6 is 11.3 Å². The van der Waals surface area contributed by atoms with Crippen molar-refractivity contribution in [2.45, 2.75) is 20.4 Å². The Kier molecular flexibility index (Phi) is 4.85. The molecule has 2 aromatic rings. The molecule has 1 aromatic carbocycles. The number of hydrogen-bond donors (Lipinski definition) is 1. The molecule has 21 heavy (non-hydrogen) atoms. The van der Waals surface area contributed by atoms with Crippen LogP contribution in [0.25, 0.3) is 0 Å². The van der Waals surface area contributed by atoms with E-state index in [1.807, 2.05) is 0 Å². The van der Waals surface area contributed by atoms with E-state index < -0.39 is 0 Å². The number of aryl methyl sites for hydroxylation is 1. The van der Waals surface area contributed by atoms with Crippen molar-refractivity contribution in [3.63, 3.8) is 0 Å². The van der Waals surface area contributed by atoms with Gasteiger partial charge in [-0.25, -0.2) is 0 Å². The van der Waals surface area contributed by atoms with Crippen molar-refractivity contribution in [2.75, 3.05) is 14.2 Å². The van der Waals surface area contributed by atoms with Gasteiger partial charge in [0, 0.05) is 11.4 Å². The Morgan fingerprint density at radius 2 is 1.81 bits per heavy atom. The molecule has 0 saturated heterocycles. The number of amides is 1. The standard InChI is InChI=1S/C16H19NO3S/c1-10-11(2)21-9-12(10)8-17-16(18)15-13(19-3)6-5-7-14(15)20-4/h5-7,9H,8H2,1-4H3,(H,17,18). The molecule has 4 nitrogen and oxygen atoms in total. The molecule has 2 rings (SSSR count). The monoisotopic (exact) mass is 305 g/mol. The summed E-state index contributed by atoms with van der Waals surface area (Å²) >= 11 is 1.69. The van der Waals surface area contributed by atoms with Crippen LogP contribution in [0.4, 0.5) is 0 Å². The molecule has 112 valence electrons. The van der Waals surface area contributed by atoms with Crippen molar-refractivity contribution < 1.29 is 14.3 Å². The molecule has 1 aromatic heterocycles. The molecule has 0 aliphatic carbocycles. The van der Waals surface area contributed by atoms with Gasteiger partial charge in [0.1, 0.15) is 17.1 Å². The summed E-state index contributed by atoms with van der Waals surface area (Å²) in [5.41, 5.74) is 2.79. The van der Waals surface area contributed by atoms with Crippen LogP contribution in [0.15, 0.2) is 23.6 Å². The van der Waals surface area contributed by atoms with Crippen molar-refractivity contribution in [3.05, 3.63) is 45.1 Å². The van der Waals surface area contributed by atoms with Gasteiger partial charge in [-0.1, -0.05) is 6.07 Å². The largest absolute Gasteiger partial charge is 0.496 e. The molecule has 0 aliphatic heterocycles. The maximum absolute atomic E-state index is 12.4. The lowest BCUT2D eigenvalue weighted by Gasteiger charge is -2.13. The lowest BCUT2D eigenvalue weighted by Crippen LogP contribution is -2.24. The van der Waals surface area contributed by atoms with Crippen LogP contribution in [0.1, 0.15) is 26.4 Å². The number of carbonyl (C=O) groups excluding carboxylic acids is 1. The molecule has 0 bridgehead atoms. The molecule has 0 radical (unpaired) electrons. The van der Waals surface area contributed by atoms with Crippen LogP contribution in [0.5, 0.6) is 11.5 Å². The lowest BCUT2D eigenvalue weighted by atomic mass is 10.1. The normalized spacial score (nSPS) is 10.3. The number of ether oxygens (including phenoxy) is 2. The number of benzene rings is 1. The van der Waals surface area contributed by atoms with E-state index in [-0.39, 0.29) is 5.91 Å². The fourth-order valence-electron chi connectivity index (χ4n) is 2.08. The molecule has 0 fully saturated rings. The number of rotatable bonds is 5. The summed E-state index contributed by atoms with van der Waals surface area (Å²) in [6.07, 6.45) is 0. The van der Waals surface area contributed by atoms with E-state index in [1.165, 1.54) is 24.7 Å². The van der Waals surface area contributed by atoms with Gasteiger partial charge in [0.15, 0.2) is 0 Å². The Morgan fingerprint density at radius 3 is 2.29 bits per heavy atom. The molecule has 1 N–H and O–H groups in total. The summed E-state index contributed by atoms with van der Waals surface area (Å²) < 4.78 is 10.5. The highest BCUT2D eigenvalue weighted by Gasteiger charge is 2.18. The van der Waals surface area contributed by atoms with E-state index in [1.54, 1.807) is 29.5 Å². The zero-order chi connectivity index (χ0) is 15.4. The Morgan fingerprint density at radius 1 is 1.19 bits per heavy atom. The number of nitrogens with one attached hydrogen (secondary N) is 1. The highest BCUT2D eigenvalue weighted by Crippen LogP contribution is 2.28. The Labute approximate surface area is 128 Å². The van der Waals surface area contributed by atoms with E-state index in [0.29, 0.717) is 23.6 Å². The Balaban J connectivity index is 2.19. The minimum absolute atomic E-state index is 0.201. The first-order valence-electron chi connectivity index (χ1n) is 6.61. The van der Waals surface area contributed by atoms with Crippen LogP contribution in [-0.2, 0) is 6.54 Å². The molecule has 5 heteroatoms. The molecule has 1 heterocycles. The average Bonchev–Trinajstić information content (AvgIpc) is 2.83. The van der Waals surface area contributed by atoms with Crippen molar-refractivity contribution in [1.82, 2.24) is 5.32 Å². The predicted molar refractivity (Wildman–Crippen MR) is 84.5 cm³/mol. The zero-order valence-corrected chi connectivity index (χ0v) is 13.5. The second-order valence-corrected chi connectivity index (χ2v) is 5.75. The quantitative estimate of drug-likeness (QED) is 0.922. The van der Waals surface area contributed by atoms with Crippen LogP contribution in [0.3, 0.4) is 0 Å². The smallest absolute Gasteiger partial charge is 0.259 e. The summed E-state index contributed by atoms with van der Waals surface area (Å²) in [5.74, 6) is 0.808. The number of methoxy groups -OCH3 is 2. The molecule has 0 spiro atoms. The summed E-state index contributed by atoms with van der Waals surface area (Å²) in [7, 11) is 3.08. The third-order valence-electron chi connectivity index (χ3n) is 3.48. The van der Waals surface area contributed by atoms with Crippen molar-refractivity contribution in [3.8, 4) is 11.5 Å². The van der Waals surface area contributed by atoms with Crippen LogP contribution in [0.2, 0.25) is 0 Å². The van der Waals surface area contributed by atoms with E-state index in [0.717, 1.165) is 5.56 Å². The molecule has 0 aliphatic rings. The van der Waals surface area contributed by atoms with Crippen LogP contribution in [0, 0.1) is 13.8 Å². The molecular formula is C16H19NO3S. The number of thiophene rings is 1. The summed E-state index contributed by atoms with van der Waals surface area (Å²) in [5, 5.41) is 5.00. The summed E-state index contributed by atoms with van der Waals surface area (Å²) in [6, 6.07) is 5.29. The zero-order valence-electron chi connectivity index (χ0n) is 12.6. The van der Waals surface area contributed by atoms with Gasteiger partial charge in [0.05, 0.1) is 14.2 Å². The van der Waals surface area contributed by atoms with E-state index in [4.69, 9.17) is 9.47 Å². The predicted octanol–water partition coefficient (Wildman–Crippen LogP) is 3.31. The topological polar surface area (TPSA) is 47.6 Å². The van der Waals surface area contributed by atoms with Crippen LogP contribution < -0.4 is 14.8 Å². The average molecular weight is 305 g/mol. The molecule has 0 saturated carbocycles. The highest BCUT2D eigenvalue weighted by molar-refractivity contribution is 7.10. The Hall–Kier alpha value is -2.01. The second-order valence-electron chi connectivity index (χ2n) is 4.66. The van der Waals surface area contributed by atoms with Crippen molar-refractivity contribution in [1.29, 1.82) is 0 Å². The molecule has 0 atom stereocenters. The van der Waals surface area contributed by atoms with Gasteiger partial charge in [-0.3, -0.25) is 4.79 Å². The fourth-order valence-corrected chi connectivity index (χ4v) is 2.96. The molecule has 0 unspecified atom stereocenters. The van der Waals surface area contributed by atoms with Gasteiger partial charge in [-0.05, 0) is 42.5 Å². The van der Waals surface area contributed by atoms with Gasteiger partial charge in [-0.15, -0.1) is 11.3 Å². The first-order valence-corrected chi connectivity index (χ1v) is 7.49. The SMILES string of the molecule is COc1cccc(OC)c1C(=O)NCc1csc(C)c1C. The summed E-state index contributed by atoms with van der Waals surface area (Å²) in [4.78, 5) is 13.7. The number of carbonyl (C=O) groups is 1. The first-order chi connectivity index (χ1) is 10.1. The third kappa shape index (κ3) is 3.19. The molecular weight excluding hydrogens is 286 g/mol. The minimum Gasteiger partial charge on any atom is -0.496 e. The first kappa shape index (κ1) is 15.4. The third-order valence-corrected chi connectivity index (χ3v) is 4.54. The van der Waals surface area contributed by atoms with E-state index in [2.05, 4.69) is 24.5 Å². The number of hydrogen-bond acceptors (Lipinski definition) is 4. The van der Waals surface area contributed by atoms with E-state index >= 15 is 0 Å². The van der Waals surface area contributed by atoms with Gasteiger partial charge in [0.2, 0.25) is 0 Å². The maximum atomic E-state index is 12.4. The summed E-state index contributed by atoms with van der Waals surface area (Å²) in [6.45, 7) is 4.64. The lowest BCUT2D eigenvalue weighted by molar-refractivity contribution is 0.0944. The van der Waals surface area contributed by atoms with E-state index in [9.17, 15) is 4.79 Å². The van der Waals surface area contributed by atoms with Crippen LogP contribution in [-0.4, -0.2) is 20.1 Å². The van der Waals surface area contributed by atoms with Crippen molar-refractivity contribution >= 4 is 17.2 Å². The van der Waals surface area contributed by atoms with Crippen molar-refractivity contribution in [2.24, 2.45) is 0 Å². The maximum Gasteiger partial charge on any atom is 0.259 e. The molecule has 1 amide bonds. The Bertz CT molecular complexity index is 627. The van der Waals surface area contributed by atoms with Gasteiger partial charge in [0.25, 0.3) is 5.91 Å². The van der Waals surface area contributed by atoms with Gasteiger partial charge >= 0.3 is 0 Å². The second kappa shape index (κ2) is 6.63. The fraction of sp³-hybridized carbons (Fsp3) is 0.312. The minimum atomic E-state index is -0.201. The van der Waals surface area contributed by atoms with Gasteiger partial charge in [-0.2, -0.15) is 0 Å².